The number of nitrogens with zero attached hydrogens (tertiary/aromatic N) is 1. The number of hydrogen-bond donors (Lipinski definition) is 9. The summed E-state index contributed by atoms with van der Waals surface area (Å²) < 4.78 is 29.8. The first-order valence-corrected chi connectivity index (χ1v) is 12.8. The molecule has 2 rings (SSSR count). The number of alkyl halides is 2. The normalized spacial score (nSPS) is 41.8. The van der Waals surface area contributed by atoms with Gasteiger partial charge in [0.2, 0.25) is 0 Å². The zero-order chi connectivity index (χ0) is 24.9. The molecule has 0 aliphatic carbocycles. The van der Waals surface area contributed by atoms with Crippen molar-refractivity contribution in [2.24, 2.45) is 0 Å². The van der Waals surface area contributed by atoms with Gasteiger partial charge in [-0.05, 0) is 0 Å². The van der Waals surface area contributed by atoms with Crippen LogP contribution in [0.15, 0.2) is 0 Å². The Morgan fingerprint density at radius 3 is 2.06 bits per heavy atom. The van der Waals surface area contributed by atoms with E-state index in [9.17, 15) is 45.2 Å². The molecule has 2 fully saturated rings. The molecule has 2 aliphatic heterocycles. The van der Waals surface area contributed by atoms with Crippen molar-refractivity contribution in [1.29, 1.82) is 0 Å². The molecule has 0 spiro atoms. The molecule has 0 radical (unpaired) electrons. The molecule has 2 aliphatic rings. The third-order valence-corrected chi connectivity index (χ3v) is 7.46. The quantitative estimate of drug-likeness (QED) is 0.0895. The van der Waals surface area contributed by atoms with E-state index in [-0.39, 0.29) is 24.8 Å². The molecule has 14 nitrogen and oxygen atoms in total. The van der Waals surface area contributed by atoms with Crippen LogP contribution >= 0.6 is 30.9 Å². The van der Waals surface area contributed by atoms with Crippen molar-refractivity contribution < 1.29 is 59.4 Å². The second kappa shape index (κ2) is 13.0. The van der Waals surface area contributed by atoms with Crippen LogP contribution in [0.5, 0.6) is 0 Å². The molecule has 33 heavy (non-hydrogen) atoms. The van der Waals surface area contributed by atoms with Crippen molar-refractivity contribution >= 4 is 30.9 Å². The number of ether oxygens (including phenoxy) is 3. The van der Waals surface area contributed by atoms with Gasteiger partial charge in [-0.2, -0.15) is 4.67 Å². The maximum Gasteiger partial charge on any atom is 0.343 e. The van der Waals surface area contributed by atoms with E-state index in [1.807, 2.05) is 0 Å². The largest absolute Gasteiger partial charge is 0.394 e. The highest BCUT2D eigenvalue weighted by Crippen LogP contribution is 2.45. The van der Waals surface area contributed by atoms with Crippen molar-refractivity contribution in [3.05, 3.63) is 0 Å². The van der Waals surface area contributed by atoms with Gasteiger partial charge in [0.1, 0.15) is 55.1 Å². The van der Waals surface area contributed by atoms with Crippen molar-refractivity contribution in [2.45, 2.75) is 61.3 Å². The number of nitrogens with one attached hydrogen (secondary N) is 1. The van der Waals surface area contributed by atoms with Crippen LogP contribution in [0.2, 0.25) is 0 Å². The van der Waals surface area contributed by atoms with Crippen LogP contribution in [0.1, 0.15) is 0 Å². The highest BCUT2D eigenvalue weighted by molar-refractivity contribution is 7.53. The van der Waals surface area contributed by atoms with Gasteiger partial charge in [-0.25, -0.2) is 5.09 Å². The van der Waals surface area contributed by atoms with E-state index in [1.54, 1.807) is 0 Å². The molecule has 2 saturated heterocycles. The summed E-state index contributed by atoms with van der Waals surface area (Å²) in [5, 5.41) is 72.7. The van der Waals surface area contributed by atoms with Gasteiger partial charge in [0, 0.05) is 24.8 Å². The summed E-state index contributed by atoms with van der Waals surface area (Å²) in [6.07, 6.45) is -16.4. The molecule has 11 atom stereocenters. The van der Waals surface area contributed by atoms with Crippen molar-refractivity contribution in [3.63, 3.8) is 0 Å². The zero-order valence-electron chi connectivity index (χ0n) is 17.4. The minimum absolute atomic E-state index is 0.00421. The van der Waals surface area contributed by atoms with Gasteiger partial charge >= 0.3 is 7.67 Å². The first kappa shape index (κ1) is 29.5. The Balaban J connectivity index is 2.23. The second-order valence-corrected chi connectivity index (χ2v) is 10.2. The Bertz CT molecular complexity index is 653. The molecule has 9 N–H and O–H groups in total. The lowest BCUT2D eigenvalue weighted by Gasteiger charge is -2.48. The van der Waals surface area contributed by atoms with E-state index in [2.05, 4.69) is 5.09 Å². The Morgan fingerprint density at radius 1 is 0.879 bits per heavy atom. The fourth-order valence-corrected chi connectivity index (χ4v) is 5.58. The Morgan fingerprint density at radius 2 is 1.52 bits per heavy atom. The number of halogens is 2. The van der Waals surface area contributed by atoms with Gasteiger partial charge in [0.15, 0.2) is 6.29 Å². The maximum atomic E-state index is 12.7. The van der Waals surface area contributed by atoms with E-state index in [0.29, 0.717) is 0 Å². The molecule has 0 bridgehead atoms. The van der Waals surface area contributed by atoms with Crippen molar-refractivity contribution in [2.75, 3.05) is 38.1 Å². The molecule has 0 aromatic rings. The standard InChI is InChI=1S/C16H31Cl2N2O12P/c17-1-3-19-33(28,29)20(4-2-18)15-12(26)11(25)14(8(6-22)30-15)32-16-13(27)10(24)9(23)7(5-21)31-16/h7-16,21-27H,1-6H2,(H2,19,28,29)/t7-,8-,9-,10+,11-,12-,13-,14-,15-,16+/m1/s1. The molecule has 0 amide bonds. The number of aliphatic hydroxyl groups excluding tert-OH is 7. The van der Waals surface area contributed by atoms with Crippen LogP contribution in [0.3, 0.4) is 0 Å². The van der Waals surface area contributed by atoms with Gasteiger partial charge in [0.25, 0.3) is 0 Å². The summed E-state index contributed by atoms with van der Waals surface area (Å²) in [7, 11) is -4.35. The lowest BCUT2D eigenvalue weighted by Crippen LogP contribution is -2.66. The fourth-order valence-electron chi connectivity index (χ4n) is 3.60. The molecular weight excluding hydrogens is 514 g/mol. The van der Waals surface area contributed by atoms with Crippen LogP contribution in [0.4, 0.5) is 0 Å². The molecule has 1 unspecified atom stereocenters. The first-order chi connectivity index (χ1) is 15.5. The lowest BCUT2D eigenvalue weighted by molar-refractivity contribution is -0.346. The van der Waals surface area contributed by atoms with Crippen LogP contribution in [-0.4, -0.2) is 145 Å². The lowest BCUT2D eigenvalue weighted by atomic mass is 9.96. The second-order valence-electron chi connectivity index (χ2n) is 7.52. The average molecular weight is 545 g/mol. The average Bonchev–Trinajstić information content (AvgIpc) is 2.79. The van der Waals surface area contributed by atoms with E-state index >= 15 is 0 Å². The Labute approximate surface area is 199 Å². The smallest absolute Gasteiger partial charge is 0.343 e. The summed E-state index contributed by atoms with van der Waals surface area (Å²) >= 11 is 11.3. The van der Waals surface area contributed by atoms with Gasteiger partial charge in [-0.3, -0.25) is 4.57 Å². The molecular formula is C16H31Cl2N2O12P. The van der Waals surface area contributed by atoms with Crippen molar-refractivity contribution in [1.82, 2.24) is 9.76 Å². The van der Waals surface area contributed by atoms with Crippen LogP contribution in [0, 0.1) is 0 Å². The summed E-state index contributed by atoms with van der Waals surface area (Å²) in [4.78, 5) is 10.4. The summed E-state index contributed by atoms with van der Waals surface area (Å²) in [5.74, 6) is -0.144. The minimum atomic E-state index is -4.35. The molecule has 17 heteroatoms. The topological polar surface area (TPSA) is 222 Å². The minimum Gasteiger partial charge on any atom is -0.394 e. The van der Waals surface area contributed by atoms with Gasteiger partial charge in [0.05, 0.1) is 13.2 Å². The molecule has 196 valence electrons. The number of hydrogen-bond acceptors (Lipinski definition) is 11. The van der Waals surface area contributed by atoms with Crippen LogP contribution < -0.4 is 5.09 Å². The van der Waals surface area contributed by atoms with Gasteiger partial charge in [-0.15, -0.1) is 23.2 Å². The maximum absolute atomic E-state index is 12.7. The molecule has 0 aromatic heterocycles. The highest BCUT2D eigenvalue weighted by atomic mass is 35.5. The third kappa shape index (κ3) is 6.74. The Kier molecular flexibility index (Phi) is 11.6. The number of rotatable bonds is 11. The van der Waals surface area contributed by atoms with E-state index in [4.69, 9.17) is 37.4 Å². The zero-order valence-corrected chi connectivity index (χ0v) is 19.8. The molecule has 0 saturated carbocycles. The SMILES string of the molecule is O=P(O)(NCCCl)N(CCCl)[C@@H]1O[C@H](CO)[C@@H](O[C@@H]2O[C@H](CO)[C@@H](O)[C@H](O)[C@H]2O)[C@H](O)[C@H]1O. The summed E-state index contributed by atoms with van der Waals surface area (Å²) in [6, 6.07) is 0. The fraction of sp³-hybridized carbons (Fsp3) is 1.00. The summed E-state index contributed by atoms with van der Waals surface area (Å²) in [6.45, 7) is -1.83. The van der Waals surface area contributed by atoms with Crippen LogP contribution in [-0.2, 0) is 18.8 Å². The van der Waals surface area contributed by atoms with Crippen LogP contribution in [0.25, 0.3) is 0 Å². The van der Waals surface area contributed by atoms with E-state index < -0.39 is 82.2 Å². The summed E-state index contributed by atoms with van der Waals surface area (Å²) in [5.41, 5.74) is 0. The predicted octanol–water partition coefficient (Wildman–Crippen LogP) is -3.92. The Hall–Kier alpha value is 0.290. The number of aliphatic hydroxyl groups is 7. The highest BCUT2D eigenvalue weighted by Gasteiger charge is 2.53. The van der Waals surface area contributed by atoms with Crippen molar-refractivity contribution in [3.8, 4) is 0 Å². The third-order valence-electron chi connectivity index (χ3n) is 5.35. The van der Waals surface area contributed by atoms with E-state index in [0.717, 1.165) is 4.67 Å². The van der Waals surface area contributed by atoms with Gasteiger partial charge in [-0.1, -0.05) is 0 Å². The van der Waals surface area contributed by atoms with E-state index in [1.165, 1.54) is 0 Å². The first-order valence-electron chi connectivity index (χ1n) is 10.1. The molecule has 2 heterocycles. The molecule has 0 aromatic carbocycles. The monoisotopic (exact) mass is 544 g/mol. The predicted molar refractivity (Wildman–Crippen MR) is 112 cm³/mol. The van der Waals surface area contributed by atoms with Gasteiger partial charge < -0.3 is 54.8 Å².